The number of methoxy groups -OCH3 is 1. The van der Waals surface area contributed by atoms with E-state index in [1.807, 2.05) is 12.4 Å². The summed E-state index contributed by atoms with van der Waals surface area (Å²) in [6.45, 7) is 14.4. The molecule has 7 rings (SSSR count). The number of furan rings is 1. The highest BCUT2D eigenvalue weighted by Crippen LogP contribution is 2.36. The number of likely N-dealkylation sites (tertiary alicyclic amines) is 2. The van der Waals surface area contributed by atoms with Gasteiger partial charge in [0.25, 0.3) is 0 Å². The van der Waals surface area contributed by atoms with E-state index in [0.29, 0.717) is 6.29 Å². The van der Waals surface area contributed by atoms with Gasteiger partial charge in [0.15, 0.2) is 5.58 Å². The van der Waals surface area contributed by atoms with Crippen LogP contribution in [-0.4, -0.2) is 112 Å². The molecule has 306 valence electrons. The molecule has 2 fully saturated rings. The number of aromatic amines is 3. The third kappa shape index (κ3) is 16.3. The molecular weight excluding hydrogens is 715 g/mol. The number of hydrogen-bond acceptors (Lipinski definition) is 9. The molecule has 15 nitrogen and oxygen atoms in total. The second kappa shape index (κ2) is 27.0. The van der Waals surface area contributed by atoms with E-state index in [9.17, 15) is 19.2 Å². The molecular formula is C41H61N9O6. The van der Waals surface area contributed by atoms with E-state index < -0.39 is 6.09 Å². The van der Waals surface area contributed by atoms with E-state index in [0.717, 1.165) is 70.7 Å². The second-order valence-corrected chi connectivity index (χ2v) is 13.0. The summed E-state index contributed by atoms with van der Waals surface area (Å²) in [6, 6.07) is 8.30. The highest BCUT2D eigenvalue weighted by molar-refractivity contribution is 5.99. The van der Waals surface area contributed by atoms with Crippen molar-refractivity contribution < 1.29 is 28.3 Å². The van der Waals surface area contributed by atoms with Crippen LogP contribution in [0.4, 0.5) is 4.79 Å². The third-order valence-corrected chi connectivity index (χ3v) is 7.98. The van der Waals surface area contributed by atoms with Gasteiger partial charge in [-0.25, -0.2) is 14.8 Å². The standard InChI is InChI=1S/C18H13N5O.C8H14N2O2.C5H11N.C4H7NO3.2C3H8/c1-3-12(15-6-19-9-22-15)4-2-11(1)13-5-21-17-14(8-24-18(13)17)16-7-20-10-23-16;1-7(11)9-6-8(12)10-4-2-3-5-10;1-6-4-2-3-5-6;1-8-4(7)5-2-3-6;2*1-3-2/h1-10,21H,(H,19,22)(H,20,23);2-6H2,1H3,(H,9,11);2-5H2,1H3;3H,2H2,1H3,(H,5,7);2*3H2,1-2H3. The van der Waals surface area contributed by atoms with Crippen molar-refractivity contribution in [1.82, 2.24) is 45.4 Å². The van der Waals surface area contributed by atoms with Crippen molar-refractivity contribution in [3.8, 4) is 33.6 Å². The lowest BCUT2D eigenvalue weighted by atomic mass is 10.0. The summed E-state index contributed by atoms with van der Waals surface area (Å²) >= 11 is 0. The number of amides is 3. The van der Waals surface area contributed by atoms with Crippen LogP contribution in [0.25, 0.3) is 44.7 Å². The van der Waals surface area contributed by atoms with E-state index >= 15 is 0 Å². The number of nitrogens with zero attached hydrogens (tertiary/aromatic N) is 4. The molecule has 5 aromatic rings. The van der Waals surface area contributed by atoms with Crippen molar-refractivity contribution in [3.63, 3.8) is 0 Å². The molecule has 0 unspecified atom stereocenters. The average molecular weight is 776 g/mol. The molecule has 1 aromatic carbocycles. The Morgan fingerprint density at radius 2 is 1.38 bits per heavy atom. The number of carbonyl (C=O) groups excluding carboxylic acids is 4. The zero-order valence-corrected chi connectivity index (χ0v) is 34.1. The minimum absolute atomic E-state index is 0.00662. The van der Waals surface area contributed by atoms with Crippen LogP contribution in [0.5, 0.6) is 0 Å². The number of imidazole rings is 2. The van der Waals surface area contributed by atoms with Crippen molar-refractivity contribution in [2.75, 3.05) is 53.4 Å². The van der Waals surface area contributed by atoms with Gasteiger partial charge in [-0.2, -0.15) is 0 Å². The molecule has 5 N–H and O–H groups in total. The SMILES string of the molecule is CC(=O)NCC(=O)N1CCCC1.CCC.CCC.CN1CCCC1.COC(=O)NCC=O.c1ncc(-c2ccc(-c3c[nH]c4c(-c5cnc[nH]5)coc34)cc2)[nH]1. The monoisotopic (exact) mass is 775 g/mol. The lowest BCUT2D eigenvalue weighted by Gasteiger charge is -2.14. The van der Waals surface area contributed by atoms with Crippen molar-refractivity contribution in [3.05, 3.63) is 61.8 Å². The Kier molecular flexibility index (Phi) is 22.4. The number of aldehydes is 1. The Bertz CT molecular complexity index is 1780. The van der Waals surface area contributed by atoms with E-state index in [1.54, 1.807) is 30.0 Å². The van der Waals surface area contributed by atoms with Gasteiger partial charge >= 0.3 is 6.09 Å². The summed E-state index contributed by atoms with van der Waals surface area (Å²) in [7, 11) is 3.41. The molecule has 0 aliphatic carbocycles. The van der Waals surface area contributed by atoms with Gasteiger partial charge in [0.1, 0.15) is 12.5 Å². The molecule has 0 bridgehead atoms. The van der Waals surface area contributed by atoms with Crippen LogP contribution in [0.3, 0.4) is 0 Å². The number of fused-ring (bicyclic) bond motifs is 1. The van der Waals surface area contributed by atoms with Crippen molar-refractivity contribution in [2.24, 2.45) is 0 Å². The minimum atomic E-state index is -0.586. The van der Waals surface area contributed by atoms with Gasteiger partial charge in [0, 0.05) is 31.8 Å². The van der Waals surface area contributed by atoms with Crippen LogP contribution in [0, 0.1) is 0 Å². The number of rotatable bonds is 7. The summed E-state index contributed by atoms with van der Waals surface area (Å²) in [6.07, 6.45) is 18.1. The zero-order chi connectivity index (χ0) is 41.1. The molecule has 6 heterocycles. The lowest BCUT2D eigenvalue weighted by Crippen LogP contribution is -2.37. The van der Waals surface area contributed by atoms with Gasteiger partial charge in [-0.3, -0.25) is 9.59 Å². The quantitative estimate of drug-likeness (QED) is 0.108. The Morgan fingerprint density at radius 1 is 0.821 bits per heavy atom. The molecule has 4 aromatic heterocycles. The van der Waals surface area contributed by atoms with Crippen LogP contribution in [0.15, 0.2) is 66.2 Å². The number of benzene rings is 1. The number of aromatic nitrogens is 5. The van der Waals surface area contributed by atoms with E-state index in [1.165, 1.54) is 52.8 Å². The predicted molar refractivity (Wildman–Crippen MR) is 221 cm³/mol. The largest absolute Gasteiger partial charge is 0.461 e. The molecule has 0 saturated carbocycles. The molecule has 0 radical (unpaired) electrons. The number of carbonyl (C=O) groups is 4. The fourth-order valence-electron chi connectivity index (χ4n) is 5.32. The van der Waals surface area contributed by atoms with E-state index in [2.05, 4.69) is 104 Å². The maximum atomic E-state index is 11.3. The highest BCUT2D eigenvalue weighted by Gasteiger charge is 2.18. The van der Waals surface area contributed by atoms with Gasteiger partial charge in [-0.05, 0) is 56.9 Å². The third-order valence-electron chi connectivity index (χ3n) is 7.98. The molecule has 2 aliphatic rings. The molecule has 15 heteroatoms. The molecule has 56 heavy (non-hydrogen) atoms. The number of ether oxygens (including phenoxy) is 1. The summed E-state index contributed by atoms with van der Waals surface area (Å²) < 4.78 is 9.95. The number of alkyl carbamates (subject to hydrolysis) is 1. The first kappa shape index (κ1) is 46.5. The molecule has 2 saturated heterocycles. The average Bonchev–Trinajstić information content (AvgIpc) is 4.04. The van der Waals surface area contributed by atoms with Crippen LogP contribution >= 0.6 is 0 Å². The second-order valence-electron chi connectivity index (χ2n) is 13.0. The smallest absolute Gasteiger partial charge is 0.407 e. The van der Waals surface area contributed by atoms with Gasteiger partial charge in [-0.1, -0.05) is 64.8 Å². The number of hydrogen-bond donors (Lipinski definition) is 5. The summed E-state index contributed by atoms with van der Waals surface area (Å²) in [5.41, 5.74) is 7.93. The van der Waals surface area contributed by atoms with Gasteiger partial charge in [0.05, 0.1) is 67.7 Å². The number of H-pyrrole nitrogens is 3. The van der Waals surface area contributed by atoms with Crippen molar-refractivity contribution >= 4 is 35.3 Å². The van der Waals surface area contributed by atoms with Crippen LogP contribution < -0.4 is 10.6 Å². The maximum Gasteiger partial charge on any atom is 0.407 e. The zero-order valence-electron chi connectivity index (χ0n) is 34.1. The fraction of sp³-hybridized carbons (Fsp3) is 0.463. The normalized spacial score (nSPS) is 12.8. The minimum Gasteiger partial charge on any atom is -0.461 e. The first-order chi connectivity index (χ1) is 27.1. The first-order valence-electron chi connectivity index (χ1n) is 19.3. The van der Waals surface area contributed by atoms with Crippen molar-refractivity contribution in [1.29, 1.82) is 0 Å². The van der Waals surface area contributed by atoms with Gasteiger partial charge < -0.3 is 49.3 Å². The fourth-order valence-corrected chi connectivity index (χ4v) is 5.32. The summed E-state index contributed by atoms with van der Waals surface area (Å²) in [5, 5.41) is 4.64. The van der Waals surface area contributed by atoms with Crippen LogP contribution in [0.2, 0.25) is 0 Å². The van der Waals surface area contributed by atoms with E-state index in [4.69, 9.17) is 4.42 Å². The molecule has 0 spiro atoms. The molecule has 2 aliphatic heterocycles. The number of nitrogens with one attached hydrogen (secondary N) is 5. The van der Waals surface area contributed by atoms with Gasteiger partial charge in [-0.15, -0.1) is 0 Å². The Labute approximate surface area is 330 Å². The summed E-state index contributed by atoms with van der Waals surface area (Å²) in [4.78, 5) is 63.2. The maximum absolute atomic E-state index is 11.3. The van der Waals surface area contributed by atoms with Crippen LogP contribution in [0.1, 0.15) is 73.1 Å². The van der Waals surface area contributed by atoms with Crippen molar-refractivity contribution in [2.45, 2.75) is 73.1 Å². The topological polar surface area (TPSA) is 194 Å². The van der Waals surface area contributed by atoms with Crippen LogP contribution in [-0.2, 0) is 19.1 Å². The Morgan fingerprint density at radius 3 is 1.86 bits per heavy atom. The Balaban J connectivity index is 0.000000283. The lowest BCUT2D eigenvalue weighted by molar-refractivity contribution is -0.131. The Hall–Kier alpha value is -5.70. The molecule has 3 amide bonds. The van der Waals surface area contributed by atoms with E-state index in [-0.39, 0.29) is 24.9 Å². The summed E-state index contributed by atoms with van der Waals surface area (Å²) in [5.74, 6) is -0.120. The first-order valence-corrected chi connectivity index (χ1v) is 19.3. The predicted octanol–water partition coefficient (Wildman–Crippen LogP) is 7.04. The molecule has 0 atom stereocenters. The van der Waals surface area contributed by atoms with Gasteiger partial charge in [0.2, 0.25) is 11.8 Å². The highest BCUT2D eigenvalue weighted by atomic mass is 16.5.